The Balaban J connectivity index is 2.46. The summed E-state index contributed by atoms with van der Waals surface area (Å²) in [7, 11) is 0. The first kappa shape index (κ1) is 13.0. The van der Waals surface area contributed by atoms with E-state index in [0.29, 0.717) is 4.77 Å². The van der Waals surface area contributed by atoms with Crippen molar-refractivity contribution in [2.75, 3.05) is 0 Å². The summed E-state index contributed by atoms with van der Waals surface area (Å²) in [5.41, 5.74) is 3.67. The van der Waals surface area contributed by atoms with Crippen LogP contribution in [0, 0.1) is 11.7 Å². The summed E-state index contributed by atoms with van der Waals surface area (Å²) in [6.45, 7) is 1.97. The van der Waals surface area contributed by atoms with Crippen LogP contribution in [0.15, 0.2) is 39.3 Å². The summed E-state index contributed by atoms with van der Waals surface area (Å²) in [6.07, 6.45) is 0. The lowest BCUT2D eigenvalue weighted by molar-refractivity contribution is 1.02. The van der Waals surface area contributed by atoms with Gasteiger partial charge in [-0.05, 0) is 75.3 Å². The first-order chi connectivity index (χ1) is 9.08. The van der Waals surface area contributed by atoms with Gasteiger partial charge in [0.05, 0.1) is 11.2 Å². The maximum absolute atomic E-state index is 5.42. The normalized spacial score (nSPS) is 11.1. The minimum Gasteiger partial charge on any atom is -0.329 e. The van der Waals surface area contributed by atoms with E-state index in [1.807, 2.05) is 41.8 Å². The van der Waals surface area contributed by atoms with Crippen molar-refractivity contribution in [3.05, 3.63) is 49.7 Å². The molecule has 1 N–H and O–H groups in total. The quantitative estimate of drug-likeness (QED) is 0.590. The third-order valence-electron chi connectivity index (χ3n) is 2.83. The number of aryl methyl sites for hydroxylation is 1. The van der Waals surface area contributed by atoms with Gasteiger partial charge in [0.25, 0.3) is 0 Å². The van der Waals surface area contributed by atoms with Gasteiger partial charge in [-0.1, -0.05) is 6.07 Å². The number of fused-ring (bicyclic) bond motifs is 1. The third kappa shape index (κ3) is 2.17. The van der Waals surface area contributed by atoms with E-state index < -0.39 is 0 Å². The molecular weight excluding hydrogens is 390 g/mol. The maximum Gasteiger partial charge on any atom is 0.184 e. The number of para-hydroxylation sites is 1. The fraction of sp³-hybridized carbons (Fsp3) is 0.0769. The predicted molar refractivity (Wildman–Crippen MR) is 86.4 cm³/mol. The van der Waals surface area contributed by atoms with E-state index in [-0.39, 0.29) is 0 Å². The van der Waals surface area contributed by atoms with Gasteiger partial charge in [0, 0.05) is 14.6 Å². The van der Waals surface area contributed by atoms with Crippen LogP contribution >= 0.6 is 44.1 Å². The second-order valence-corrected chi connectivity index (χ2v) is 6.26. The van der Waals surface area contributed by atoms with Crippen LogP contribution in [0.4, 0.5) is 0 Å². The molecule has 0 amide bonds. The molecule has 6 heteroatoms. The molecule has 1 aromatic carbocycles. The smallest absolute Gasteiger partial charge is 0.184 e. The van der Waals surface area contributed by atoms with Gasteiger partial charge in [-0.15, -0.1) is 0 Å². The van der Waals surface area contributed by atoms with Crippen LogP contribution in [0.1, 0.15) is 5.69 Å². The molecule has 2 aromatic heterocycles. The van der Waals surface area contributed by atoms with Gasteiger partial charge >= 0.3 is 0 Å². The van der Waals surface area contributed by atoms with Crippen LogP contribution in [0.25, 0.3) is 16.9 Å². The van der Waals surface area contributed by atoms with Crippen molar-refractivity contribution in [3.63, 3.8) is 0 Å². The van der Waals surface area contributed by atoms with E-state index in [0.717, 1.165) is 31.5 Å². The molecule has 96 valence electrons. The second-order valence-electron chi connectivity index (χ2n) is 4.16. The summed E-state index contributed by atoms with van der Waals surface area (Å²) in [4.78, 5) is 7.76. The maximum atomic E-state index is 5.42. The van der Waals surface area contributed by atoms with Crippen molar-refractivity contribution in [1.29, 1.82) is 0 Å². The topological polar surface area (TPSA) is 33.6 Å². The van der Waals surface area contributed by atoms with E-state index in [4.69, 9.17) is 12.2 Å². The molecule has 0 spiro atoms. The molecule has 0 saturated heterocycles. The van der Waals surface area contributed by atoms with Gasteiger partial charge in [0.1, 0.15) is 0 Å². The number of hydrogen-bond acceptors (Lipinski definition) is 2. The summed E-state index contributed by atoms with van der Waals surface area (Å²) < 4.78 is 4.48. The van der Waals surface area contributed by atoms with E-state index >= 15 is 0 Å². The molecule has 0 radical (unpaired) electrons. The van der Waals surface area contributed by atoms with Gasteiger partial charge in [-0.2, -0.15) is 0 Å². The Morgan fingerprint density at radius 2 is 1.84 bits per heavy atom. The molecule has 3 rings (SSSR count). The minimum absolute atomic E-state index is 0.626. The van der Waals surface area contributed by atoms with Crippen LogP contribution in [0.3, 0.4) is 0 Å². The van der Waals surface area contributed by atoms with Gasteiger partial charge in [0.15, 0.2) is 10.4 Å². The van der Waals surface area contributed by atoms with Crippen LogP contribution < -0.4 is 0 Å². The molecule has 19 heavy (non-hydrogen) atoms. The molecule has 2 heterocycles. The number of aromatic amines is 1. The van der Waals surface area contributed by atoms with Crippen molar-refractivity contribution in [3.8, 4) is 5.69 Å². The Morgan fingerprint density at radius 3 is 2.53 bits per heavy atom. The van der Waals surface area contributed by atoms with E-state index in [1.54, 1.807) is 0 Å². The SMILES string of the molecule is Cc1ccc2[nH]c(=S)n(-c3c(Br)cccc3Br)c2n1. The highest BCUT2D eigenvalue weighted by atomic mass is 79.9. The molecule has 3 aromatic rings. The molecule has 0 unspecified atom stereocenters. The van der Waals surface area contributed by atoms with Crippen LogP contribution in [-0.2, 0) is 0 Å². The number of H-pyrrole nitrogens is 1. The highest BCUT2D eigenvalue weighted by Crippen LogP contribution is 2.31. The molecule has 3 nitrogen and oxygen atoms in total. The lowest BCUT2D eigenvalue weighted by atomic mass is 10.3. The molecule has 0 fully saturated rings. The number of halogens is 2. The molecule has 0 aliphatic rings. The fourth-order valence-electron chi connectivity index (χ4n) is 1.99. The molecule has 0 bridgehead atoms. The van der Waals surface area contributed by atoms with Gasteiger partial charge in [-0.25, -0.2) is 4.98 Å². The number of nitrogens with zero attached hydrogens (tertiary/aromatic N) is 2. The first-order valence-corrected chi connectivity index (χ1v) is 7.60. The van der Waals surface area contributed by atoms with Crippen molar-refractivity contribution in [1.82, 2.24) is 14.5 Å². The lowest BCUT2D eigenvalue weighted by Crippen LogP contribution is -1.98. The van der Waals surface area contributed by atoms with Crippen LogP contribution in [0.2, 0.25) is 0 Å². The number of aromatic nitrogens is 3. The first-order valence-electron chi connectivity index (χ1n) is 5.60. The standard InChI is InChI=1S/C13H9Br2N3S/c1-7-5-6-10-12(16-7)18(13(19)17-10)11-8(14)3-2-4-9(11)15/h2-6H,1H3,(H,17,19). The molecule has 0 aliphatic carbocycles. The van der Waals surface area contributed by atoms with Gasteiger partial charge in [0.2, 0.25) is 0 Å². The number of pyridine rings is 1. The molecular formula is C13H9Br2N3S. The highest BCUT2D eigenvalue weighted by molar-refractivity contribution is 9.11. The zero-order chi connectivity index (χ0) is 13.6. The zero-order valence-corrected chi connectivity index (χ0v) is 13.9. The minimum atomic E-state index is 0.626. The van der Waals surface area contributed by atoms with E-state index in [2.05, 4.69) is 41.8 Å². The van der Waals surface area contributed by atoms with Crippen molar-refractivity contribution in [2.45, 2.75) is 6.92 Å². The van der Waals surface area contributed by atoms with Crippen molar-refractivity contribution < 1.29 is 0 Å². The predicted octanol–water partition coefficient (Wildman–Crippen LogP) is 4.92. The number of rotatable bonds is 1. The van der Waals surface area contributed by atoms with E-state index in [9.17, 15) is 0 Å². The summed E-state index contributed by atoms with van der Waals surface area (Å²) >= 11 is 12.6. The second kappa shape index (κ2) is 4.85. The van der Waals surface area contributed by atoms with Crippen molar-refractivity contribution >= 4 is 55.2 Å². The molecule has 0 aliphatic heterocycles. The highest BCUT2D eigenvalue weighted by Gasteiger charge is 2.13. The fourth-order valence-corrected chi connectivity index (χ4v) is 3.63. The van der Waals surface area contributed by atoms with Crippen LogP contribution in [-0.4, -0.2) is 14.5 Å². The Hall–Kier alpha value is -0.980. The third-order valence-corrected chi connectivity index (χ3v) is 4.40. The average Bonchev–Trinajstić information content (AvgIpc) is 2.66. The Morgan fingerprint density at radius 1 is 1.16 bits per heavy atom. The summed E-state index contributed by atoms with van der Waals surface area (Å²) in [5, 5.41) is 0. The number of nitrogens with one attached hydrogen (secondary N) is 1. The zero-order valence-electron chi connectivity index (χ0n) is 9.95. The summed E-state index contributed by atoms with van der Waals surface area (Å²) in [6, 6.07) is 9.89. The van der Waals surface area contributed by atoms with E-state index in [1.165, 1.54) is 0 Å². The average molecular weight is 399 g/mol. The number of hydrogen-bond donors (Lipinski definition) is 1. The summed E-state index contributed by atoms with van der Waals surface area (Å²) in [5.74, 6) is 0. The Bertz CT molecular complexity index is 815. The number of imidazole rings is 1. The van der Waals surface area contributed by atoms with Crippen LogP contribution in [0.5, 0.6) is 0 Å². The lowest BCUT2D eigenvalue weighted by Gasteiger charge is -2.09. The Labute approximate surface area is 131 Å². The molecule has 0 atom stereocenters. The number of benzene rings is 1. The molecule has 0 saturated carbocycles. The largest absolute Gasteiger partial charge is 0.329 e. The van der Waals surface area contributed by atoms with Gasteiger partial charge < -0.3 is 4.98 Å². The Kier molecular flexibility index (Phi) is 3.32. The monoisotopic (exact) mass is 397 g/mol. The van der Waals surface area contributed by atoms with Gasteiger partial charge in [-0.3, -0.25) is 4.57 Å². The van der Waals surface area contributed by atoms with Crippen molar-refractivity contribution in [2.24, 2.45) is 0 Å².